The minimum absolute atomic E-state index is 0.136. The molecule has 5 aromatic carbocycles. The first-order chi connectivity index (χ1) is 23.0. The third kappa shape index (κ3) is 3.93. The number of rotatable bonds is 4. The molecule has 0 aliphatic carbocycles. The minimum Gasteiger partial charge on any atom is -0.309 e. The second-order valence-electron chi connectivity index (χ2n) is 13.3. The summed E-state index contributed by atoms with van der Waals surface area (Å²) in [4.78, 5) is 5.19. The number of H-pyrrole nitrogens is 1. The van der Waals surface area contributed by atoms with Crippen molar-refractivity contribution in [3.05, 3.63) is 163 Å². The minimum atomic E-state index is -2.85. The van der Waals surface area contributed by atoms with Crippen molar-refractivity contribution in [2.75, 3.05) is 0 Å². The summed E-state index contributed by atoms with van der Waals surface area (Å²) in [5.41, 5.74) is 9.23. The van der Waals surface area contributed by atoms with Crippen LogP contribution in [-0.4, -0.2) is 27.8 Å². The van der Waals surface area contributed by atoms with E-state index in [0.717, 1.165) is 28.0 Å². The van der Waals surface area contributed by atoms with Crippen LogP contribution in [-0.2, 0) is 5.41 Å². The van der Waals surface area contributed by atoms with Gasteiger partial charge in [-0.1, -0.05) is 111 Å². The molecule has 8 aromatic rings. The Balaban J connectivity index is 1.40. The molecule has 4 heterocycles. The topological polar surface area (TPSA) is 46.5 Å². The van der Waals surface area contributed by atoms with Crippen LogP contribution in [0.1, 0.15) is 30.7 Å². The van der Waals surface area contributed by atoms with Gasteiger partial charge in [0.25, 0.3) is 0 Å². The summed E-state index contributed by atoms with van der Waals surface area (Å²) in [6, 6.07) is 51.5. The number of hydrogen-bond acceptors (Lipinski definition) is 2. The van der Waals surface area contributed by atoms with E-state index >= 15 is 0 Å². The monoisotopic (exact) mass is 622 g/mol. The Morgan fingerprint density at radius 3 is 2.06 bits per heavy atom. The second-order valence-corrected chi connectivity index (χ2v) is 16.9. The third-order valence-corrected chi connectivity index (χ3v) is 15.0. The van der Waals surface area contributed by atoms with Gasteiger partial charge in [-0.25, -0.2) is 0 Å². The van der Waals surface area contributed by atoms with Crippen LogP contribution in [0.25, 0.3) is 38.8 Å². The van der Waals surface area contributed by atoms with Gasteiger partial charge >= 0.3 is 0 Å². The number of pyridine rings is 1. The van der Waals surface area contributed by atoms with E-state index in [1.54, 1.807) is 0 Å². The maximum absolute atomic E-state index is 5.19. The van der Waals surface area contributed by atoms with Crippen molar-refractivity contribution < 1.29 is 0 Å². The summed E-state index contributed by atoms with van der Waals surface area (Å²) in [5.74, 6) is 0. The fourth-order valence-corrected chi connectivity index (χ4v) is 13.5. The molecular formula is C42H34N4Si. The Labute approximate surface area is 275 Å². The lowest BCUT2D eigenvalue weighted by Gasteiger charge is -2.45. The Morgan fingerprint density at radius 2 is 1.34 bits per heavy atom. The lowest BCUT2D eigenvalue weighted by atomic mass is 9.77. The quantitative estimate of drug-likeness (QED) is 0.217. The van der Waals surface area contributed by atoms with Crippen molar-refractivity contribution in [2.24, 2.45) is 0 Å². The molecule has 0 atom stereocenters. The highest BCUT2D eigenvalue weighted by Gasteiger charge is 2.52. The van der Waals surface area contributed by atoms with E-state index in [1.807, 2.05) is 19.2 Å². The van der Waals surface area contributed by atoms with Gasteiger partial charge < -0.3 is 4.57 Å². The molecule has 1 N–H and O–H groups in total. The number of para-hydroxylation sites is 1. The number of aromatic amines is 1. The zero-order valence-electron chi connectivity index (χ0n) is 26.7. The standard InChI is InChI=1S/C42H34N4Si/c1-28-25-36(45-44-28)29-13-12-14-30(26-29)46-37-18-7-4-15-32(37)33-23-22-31(27-38(33)46)47(41-21-10-11-24-43-41)39-19-8-5-16-34(39)42(2,3)35-17-6-9-20-40(35)47/h4-27H,1-3H3,(H,44,45). The van der Waals surface area contributed by atoms with Crippen LogP contribution in [0.3, 0.4) is 0 Å². The third-order valence-electron chi connectivity index (χ3n) is 10.3. The smallest absolute Gasteiger partial charge is 0.202 e. The number of nitrogens with one attached hydrogen (secondary N) is 1. The summed E-state index contributed by atoms with van der Waals surface area (Å²) in [6.07, 6.45) is 1.97. The second kappa shape index (κ2) is 10.2. The van der Waals surface area contributed by atoms with Gasteiger partial charge in [0.15, 0.2) is 0 Å². The van der Waals surface area contributed by atoms with Crippen LogP contribution in [0.5, 0.6) is 0 Å². The van der Waals surface area contributed by atoms with Crippen LogP contribution in [0.4, 0.5) is 0 Å². The zero-order valence-corrected chi connectivity index (χ0v) is 27.7. The molecule has 0 amide bonds. The van der Waals surface area contributed by atoms with Gasteiger partial charge in [-0.05, 0) is 76.1 Å². The van der Waals surface area contributed by atoms with E-state index in [2.05, 4.69) is 162 Å². The molecule has 0 unspecified atom stereocenters. The van der Waals surface area contributed by atoms with Crippen LogP contribution in [0.15, 0.2) is 146 Å². The van der Waals surface area contributed by atoms with E-state index < -0.39 is 8.07 Å². The Morgan fingerprint density at radius 1 is 0.638 bits per heavy atom. The Kier molecular flexibility index (Phi) is 6.05. The van der Waals surface area contributed by atoms with Gasteiger partial charge in [-0.3, -0.25) is 10.1 Å². The molecule has 4 nitrogen and oxygen atoms in total. The first-order valence-corrected chi connectivity index (χ1v) is 18.3. The molecule has 0 saturated heterocycles. The highest BCUT2D eigenvalue weighted by atomic mass is 28.3. The van der Waals surface area contributed by atoms with Crippen molar-refractivity contribution in [1.82, 2.24) is 19.7 Å². The van der Waals surface area contributed by atoms with Gasteiger partial charge in [0.2, 0.25) is 8.07 Å². The van der Waals surface area contributed by atoms with E-state index in [-0.39, 0.29) is 5.41 Å². The summed E-state index contributed by atoms with van der Waals surface area (Å²) in [7, 11) is -2.85. The maximum atomic E-state index is 5.19. The Hall–Kier alpha value is -5.52. The molecule has 0 saturated carbocycles. The molecule has 1 aliphatic heterocycles. The highest BCUT2D eigenvalue weighted by Crippen LogP contribution is 2.37. The average Bonchev–Trinajstić information content (AvgIpc) is 3.70. The number of aromatic nitrogens is 4. The molecule has 0 spiro atoms. The molecular weight excluding hydrogens is 589 g/mol. The van der Waals surface area contributed by atoms with Gasteiger partial charge in [0.05, 0.1) is 16.7 Å². The number of nitrogens with zero attached hydrogens (tertiary/aromatic N) is 3. The molecule has 9 rings (SSSR count). The zero-order chi connectivity index (χ0) is 31.8. The highest BCUT2D eigenvalue weighted by molar-refractivity contribution is 7.20. The van der Waals surface area contributed by atoms with Crippen LogP contribution in [0.2, 0.25) is 0 Å². The summed E-state index contributed by atoms with van der Waals surface area (Å²) >= 11 is 0. The molecule has 3 aromatic heterocycles. The van der Waals surface area contributed by atoms with Crippen LogP contribution >= 0.6 is 0 Å². The fourth-order valence-electron chi connectivity index (χ4n) is 8.17. The Bertz CT molecular complexity index is 2420. The van der Waals surface area contributed by atoms with Gasteiger partial charge in [-0.2, -0.15) is 5.10 Å². The lowest BCUT2D eigenvalue weighted by molar-refractivity contribution is 0.645. The van der Waals surface area contributed by atoms with Crippen molar-refractivity contribution in [1.29, 1.82) is 0 Å². The van der Waals surface area contributed by atoms with Crippen molar-refractivity contribution in [3.63, 3.8) is 0 Å². The molecule has 47 heavy (non-hydrogen) atoms. The largest absolute Gasteiger partial charge is 0.309 e. The maximum Gasteiger partial charge on any atom is 0.202 e. The lowest BCUT2D eigenvalue weighted by Crippen LogP contribution is -2.79. The van der Waals surface area contributed by atoms with E-state index in [1.165, 1.54) is 48.5 Å². The number of fused-ring (bicyclic) bond motifs is 5. The number of hydrogen-bond donors (Lipinski definition) is 1. The predicted octanol–water partition coefficient (Wildman–Crippen LogP) is 6.89. The molecule has 5 heteroatoms. The number of benzene rings is 5. The van der Waals surface area contributed by atoms with E-state index in [9.17, 15) is 0 Å². The van der Waals surface area contributed by atoms with Crippen LogP contribution in [0, 0.1) is 6.92 Å². The van der Waals surface area contributed by atoms with E-state index in [0.29, 0.717) is 0 Å². The average molecular weight is 623 g/mol. The van der Waals surface area contributed by atoms with Gasteiger partial charge in [0, 0.05) is 44.6 Å². The van der Waals surface area contributed by atoms with Crippen molar-refractivity contribution in [2.45, 2.75) is 26.2 Å². The molecule has 0 bridgehead atoms. The molecule has 0 fully saturated rings. The van der Waals surface area contributed by atoms with Crippen molar-refractivity contribution in [3.8, 4) is 16.9 Å². The van der Waals surface area contributed by atoms with Gasteiger partial charge in [0.1, 0.15) is 0 Å². The summed E-state index contributed by atoms with van der Waals surface area (Å²) in [6.45, 7) is 6.78. The summed E-state index contributed by atoms with van der Waals surface area (Å²) in [5, 5.41) is 15.5. The van der Waals surface area contributed by atoms with Gasteiger partial charge in [-0.15, -0.1) is 0 Å². The van der Waals surface area contributed by atoms with Crippen LogP contribution < -0.4 is 20.9 Å². The molecule has 0 radical (unpaired) electrons. The molecule has 226 valence electrons. The summed E-state index contributed by atoms with van der Waals surface area (Å²) < 4.78 is 2.43. The molecule has 1 aliphatic rings. The first kappa shape index (κ1) is 27.8. The van der Waals surface area contributed by atoms with E-state index in [4.69, 9.17) is 4.98 Å². The SMILES string of the molecule is Cc1cc(-c2cccc(-n3c4ccccc4c4ccc([Si]5(c6ccccn6)c6ccccc6C(C)(C)c6ccccc65)cc43)c2)n[nH]1. The fraction of sp³-hybridized carbons (Fsp3) is 0.0952. The number of aryl methyl sites for hydroxylation is 1. The van der Waals surface area contributed by atoms with Crippen molar-refractivity contribution >= 4 is 50.8 Å². The predicted molar refractivity (Wildman–Crippen MR) is 197 cm³/mol. The first-order valence-electron chi connectivity index (χ1n) is 16.3. The normalized spacial score (nSPS) is 14.6.